The maximum absolute atomic E-state index is 13.7. The largest absolute Gasteiger partial charge is 0.348 e. The average Bonchev–Trinajstić information content (AvgIpc) is 3.27. The molecule has 0 fully saturated rings. The minimum absolute atomic E-state index is 0.204. The van der Waals surface area contributed by atoms with Crippen LogP contribution in [0.15, 0.2) is 55.0 Å². The molecule has 6 nitrogen and oxygen atoms in total. The van der Waals surface area contributed by atoms with Gasteiger partial charge in [0.15, 0.2) is 0 Å². The number of anilines is 1. The lowest BCUT2D eigenvalue weighted by Gasteiger charge is -2.34. The van der Waals surface area contributed by atoms with Crippen molar-refractivity contribution in [2.45, 2.75) is 12.5 Å². The first-order valence-electron chi connectivity index (χ1n) is 8.15. The normalized spacial score (nSPS) is 17.0. The number of nitrogens with one attached hydrogen (secondary N) is 1. The van der Waals surface area contributed by atoms with E-state index < -0.39 is 5.95 Å². The standard InChI is InChI=1S/C18H15FN6/c19-15-5-3-6-16(22-15)24-9-7-13-17(21-11-20-13)18(24)14-10-12-4-1-2-8-25(12)23-14/h1-6,8,10-11,18H,7,9H2,(H,20,21)/t18-/m0/s1. The van der Waals surface area contributed by atoms with E-state index in [0.717, 1.165) is 29.0 Å². The maximum Gasteiger partial charge on any atom is 0.214 e. The zero-order valence-corrected chi connectivity index (χ0v) is 13.3. The highest BCUT2D eigenvalue weighted by Crippen LogP contribution is 2.35. The van der Waals surface area contributed by atoms with E-state index in [1.807, 2.05) is 41.0 Å². The van der Waals surface area contributed by atoms with Crippen LogP contribution < -0.4 is 4.90 Å². The summed E-state index contributed by atoms with van der Waals surface area (Å²) in [6.07, 6.45) is 4.42. The lowest BCUT2D eigenvalue weighted by atomic mass is 9.99. The minimum atomic E-state index is -0.487. The van der Waals surface area contributed by atoms with Gasteiger partial charge in [0.2, 0.25) is 5.95 Å². The van der Waals surface area contributed by atoms with Crippen molar-refractivity contribution in [1.29, 1.82) is 0 Å². The molecule has 0 saturated carbocycles. The molecule has 0 spiro atoms. The molecule has 5 rings (SSSR count). The Bertz CT molecular complexity index is 1020. The van der Waals surface area contributed by atoms with Gasteiger partial charge in [-0.25, -0.2) is 14.5 Å². The number of imidazole rings is 1. The summed E-state index contributed by atoms with van der Waals surface area (Å²) in [4.78, 5) is 13.9. The first kappa shape index (κ1) is 14.2. The van der Waals surface area contributed by atoms with Crippen LogP contribution in [0.3, 0.4) is 0 Å². The van der Waals surface area contributed by atoms with E-state index >= 15 is 0 Å². The topological polar surface area (TPSA) is 62.1 Å². The van der Waals surface area contributed by atoms with Crippen LogP contribution in [-0.2, 0) is 6.42 Å². The first-order chi connectivity index (χ1) is 12.3. The van der Waals surface area contributed by atoms with Crippen LogP contribution in [0.4, 0.5) is 10.2 Å². The predicted octanol–water partition coefficient (Wildman–Crippen LogP) is 2.74. The third-order valence-electron chi connectivity index (χ3n) is 4.59. The molecule has 124 valence electrons. The Labute approximate surface area is 143 Å². The zero-order chi connectivity index (χ0) is 16.8. The Morgan fingerprint density at radius 2 is 2.12 bits per heavy atom. The number of fused-ring (bicyclic) bond motifs is 2. The van der Waals surface area contributed by atoms with Crippen LogP contribution in [0.5, 0.6) is 0 Å². The van der Waals surface area contributed by atoms with Crippen LogP contribution in [0.1, 0.15) is 23.1 Å². The second kappa shape index (κ2) is 5.41. The molecule has 0 radical (unpaired) electrons. The number of nitrogens with zero attached hydrogens (tertiary/aromatic N) is 5. The summed E-state index contributed by atoms with van der Waals surface area (Å²) < 4.78 is 15.5. The fourth-order valence-electron chi connectivity index (χ4n) is 3.47. The van der Waals surface area contributed by atoms with E-state index in [-0.39, 0.29) is 6.04 Å². The highest BCUT2D eigenvalue weighted by Gasteiger charge is 2.33. The molecular formula is C18H15FN6. The summed E-state index contributed by atoms with van der Waals surface area (Å²) in [5.74, 6) is 0.106. The fraction of sp³-hybridized carbons (Fsp3) is 0.167. The number of hydrogen-bond donors (Lipinski definition) is 1. The molecule has 1 aliphatic rings. The van der Waals surface area contributed by atoms with E-state index in [1.54, 1.807) is 12.4 Å². The molecule has 4 aromatic rings. The molecule has 0 saturated heterocycles. The summed E-state index contributed by atoms with van der Waals surface area (Å²) in [5, 5.41) is 4.71. The molecule has 1 N–H and O–H groups in total. The second-order valence-electron chi connectivity index (χ2n) is 6.07. The van der Waals surface area contributed by atoms with Gasteiger partial charge >= 0.3 is 0 Å². The van der Waals surface area contributed by atoms with Crippen LogP contribution in [0.25, 0.3) is 5.52 Å². The van der Waals surface area contributed by atoms with Gasteiger partial charge in [-0.05, 0) is 30.3 Å². The molecule has 0 amide bonds. The van der Waals surface area contributed by atoms with Crippen molar-refractivity contribution in [3.05, 3.63) is 78.0 Å². The molecule has 1 atom stereocenters. The van der Waals surface area contributed by atoms with E-state index in [0.29, 0.717) is 12.4 Å². The highest BCUT2D eigenvalue weighted by atomic mass is 19.1. The maximum atomic E-state index is 13.7. The van der Waals surface area contributed by atoms with Crippen LogP contribution in [-0.4, -0.2) is 31.1 Å². The van der Waals surface area contributed by atoms with Gasteiger partial charge in [-0.2, -0.15) is 9.49 Å². The van der Waals surface area contributed by atoms with Gasteiger partial charge < -0.3 is 9.88 Å². The van der Waals surface area contributed by atoms with Crippen molar-refractivity contribution in [2.75, 3.05) is 11.4 Å². The van der Waals surface area contributed by atoms with Gasteiger partial charge in [-0.1, -0.05) is 12.1 Å². The van der Waals surface area contributed by atoms with Crippen molar-refractivity contribution in [3.63, 3.8) is 0 Å². The molecule has 25 heavy (non-hydrogen) atoms. The minimum Gasteiger partial charge on any atom is -0.348 e. The molecule has 0 unspecified atom stereocenters. The van der Waals surface area contributed by atoms with E-state index in [1.165, 1.54) is 6.07 Å². The monoisotopic (exact) mass is 334 g/mol. The Kier molecular flexibility index (Phi) is 3.06. The molecule has 5 heterocycles. The van der Waals surface area contributed by atoms with Crippen molar-refractivity contribution in [3.8, 4) is 0 Å². The molecule has 0 bridgehead atoms. The Morgan fingerprint density at radius 1 is 1.16 bits per heavy atom. The fourth-order valence-corrected chi connectivity index (χ4v) is 3.47. The van der Waals surface area contributed by atoms with E-state index in [2.05, 4.69) is 19.9 Å². The summed E-state index contributed by atoms with van der Waals surface area (Å²) >= 11 is 0. The lowest BCUT2D eigenvalue weighted by Crippen LogP contribution is -2.37. The average molecular weight is 334 g/mol. The van der Waals surface area contributed by atoms with Gasteiger partial charge in [-0.15, -0.1) is 0 Å². The summed E-state index contributed by atoms with van der Waals surface area (Å²) in [7, 11) is 0. The number of rotatable bonds is 2. The SMILES string of the molecule is Fc1cccc(N2CCc3[nH]cnc3[C@@H]2c2cc3ccccn3n2)n1. The Balaban J connectivity index is 1.68. The van der Waals surface area contributed by atoms with Crippen LogP contribution in [0.2, 0.25) is 0 Å². The Morgan fingerprint density at radius 3 is 3.00 bits per heavy atom. The van der Waals surface area contributed by atoms with E-state index in [4.69, 9.17) is 5.10 Å². The summed E-state index contributed by atoms with van der Waals surface area (Å²) in [6.45, 7) is 0.712. The first-order valence-corrected chi connectivity index (χ1v) is 8.15. The molecule has 7 heteroatoms. The van der Waals surface area contributed by atoms with E-state index in [9.17, 15) is 4.39 Å². The number of aromatic nitrogens is 5. The molecule has 1 aliphatic heterocycles. The van der Waals surface area contributed by atoms with Gasteiger partial charge in [0.1, 0.15) is 11.9 Å². The highest BCUT2D eigenvalue weighted by molar-refractivity contribution is 5.53. The molecule has 0 aromatic carbocycles. The number of aromatic amines is 1. The number of halogens is 1. The number of H-pyrrole nitrogens is 1. The number of hydrogen-bond acceptors (Lipinski definition) is 4. The van der Waals surface area contributed by atoms with Crippen molar-refractivity contribution in [2.24, 2.45) is 0 Å². The van der Waals surface area contributed by atoms with Crippen LogP contribution in [0, 0.1) is 5.95 Å². The quantitative estimate of drug-likeness (QED) is 0.573. The van der Waals surface area contributed by atoms with Gasteiger partial charge in [0.25, 0.3) is 0 Å². The van der Waals surface area contributed by atoms with Gasteiger partial charge in [0.05, 0.1) is 23.2 Å². The second-order valence-corrected chi connectivity index (χ2v) is 6.07. The van der Waals surface area contributed by atoms with Crippen molar-refractivity contribution < 1.29 is 4.39 Å². The van der Waals surface area contributed by atoms with Crippen molar-refractivity contribution >= 4 is 11.3 Å². The summed E-state index contributed by atoms with van der Waals surface area (Å²) in [5.41, 5.74) is 3.88. The van der Waals surface area contributed by atoms with Crippen LogP contribution >= 0.6 is 0 Å². The van der Waals surface area contributed by atoms with Crippen molar-refractivity contribution in [1.82, 2.24) is 24.6 Å². The molecule has 0 aliphatic carbocycles. The lowest BCUT2D eigenvalue weighted by molar-refractivity contribution is 0.565. The van der Waals surface area contributed by atoms with Gasteiger partial charge in [0, 0.05) is 24.9 Å². The third-order valence-corrected chi connectivity index (χ3v) is 4.59. The number of pyridine rings is 2. The smallest absolute Gasteiger partial charge is 0.214 e. The predicted molar refractivity (Wildman–Crippen MR) is 90.9 cm³/mol. The molecular weight excluding hydrogens is 319 g/mol. The summed E-state index contributed by atoms with van der Waals surface area (Å²) in [6, 6.07) is 12.6. The Hall–Kier alpha value is -3.22. The van der Waals surface area contributed by atoms with Gasteiger partial charge in [-0.3, -0.25) is 0 Å². The molecule has 4 aromatic heterocycles. The third kappa shape index (κ3) is 2.27. The zero-order valence-electron chi connectivity index (χ0n) is 13.3.